The summed E-state index contributed by atoms with van der Waals surface area (Å²) >= 11 is 0. The van der Waals surface area contributed by atoms with Gasteiger partial charge < -0.3 is 109 Å². The van der Waals surface area contributed by atoms with Crippen molar-refractivity contribution in [1.29, 1.82) is 0 Å². The van der Waals surface area contributed by atoms with Crippen LogP contribution in [0.15, 0.2) is 234 Å². The molecule has 0 fully saturated rings. The molecule has 16 aromatic rings. The summed E-state index contributed by atoms with van der Waals surface area (Å²) in [6.45, 7) is 17.2. The number of rotatable bonds is 8. The summed E-state index contributed by atoms with van der Waals surface area (Å²) in [4.78, 5) is 42.7. The number of aryl methyl sites for hydroxylation is 1. The maximum Gasteiger partial charge on any atom is 0.569 e. The molecule has 0 aliphatic carbocycles. The second-order valence-electron chi connectivity index (χ2n) is 39.7. The Balaban J connectivity index is 0.000000105. The molecule has 0 bridgehead atoms. The first-order valence-electron chi connectivity index (χ1n) is 46.3. The van der Waals surface area contributed by atoms with E-state index in [9.17, 15) is 60.9 Å². The second kappa shape index (κ2) is 26.6. The number of aromatic hydroxyl groups is 8. The van der Waals surface area contributed by atoms with E-state index < -0.39 is 101 Å². The third-order valence-corrected chi connectivity index (χ3v) is 29.2. The molecule has 0 saturated heterocycles. The molecule has 41 heteroatoms. The third kappa shape index (κ3) is 10.3. The Labute approximate surface area is 815 Å². The molecule has 12 aromatic carbocycles. The average Bonchev–Trinajstić information content (AvgIpc) is 1.46. The molecular formula is C104H72B3N16O22+4. The predicted molar refractivity (Wildman–Crippen MR) is 520 cm³/mol. The maximum absolute atomic E-state index is 10.7. The van der Waals surface area contributed by atoms with Crippen molar-refractivity contribution in [2.24, 2.45) is 39.9 Å². The van der Waals surface area contributed by atoms with E-state index in [2.05, 4.69) is 18.3 Å². The quantitative estimate of drug-likeness (QED) is 0.0299. The fraction of sp³-hybridized carbons (Fsp3) is 0.154. The molecule has 0 saturated carbocycles. The van der Waals surface area contributed by atoms with Crippen molar-refractivity contribution in [2.45, 2.75) is 103 Å². The van der Waals surface area contributed by atoms with Gasteiger partial charge in [-0.15, -0.1) is 18.3 Å². The lowest BCUT2D eigenvalue weighted by Crippen LogP contribution is -2.71. The molecule has 16 aliphatic rings. The fourth-order valence-electron chi connectivity index (χ4n) is 23.6. The number of ether oxygens (including phenoxy) is 8. The molecule has 38 nitrogen and oxygen atoms in total. The van der Waals surface area contributed by atoms with Gasteiger partial charge in [-0.3, -0.25) is 0 Å². The summed E-state index contributed by atoms with van der Waals surface area (Å²) in [5.41, 5.74) is 11.6. The number of aromatic nitrogens is 4. The van der Waals surface area contributed by atoms with Crippen LogP contribution in [-0.2, 0) is 17.2 Å². The number of hydrogen-bond acceptors (Lipinski definition) is 30. The number of fused-ring (bicyclic) bond motifs is 28. The van der Waals surface area contributed by atoms with Crippen LogP contribution in [0, 0.1) is 6.92 Å². The summed E-state index contributed by atoms with van der Waals surface area (Å²) in [7, 11) is -2.55. The first-order chi connectivity index (χ1) is 69.5. The molecule has 0 unspecified atom stereocenters. The summed E-state index contributed by atoms with van der Waals surface area (Å²) in [6.07, 6.45) is 0. The average molecular weight is 1930 g/mol. The van der Waals surface area contributed by atoms with Crippen molar-refractivity contribution in [3.63, 3.8) is 0 Å². The molecule has 20 heterocycles. The van der Waals surface area contributed by atoms with E-state index in [1.165, 1.54) is 48.5 Å². The number of phenolic OH excluding ortho intramolecular Hbond substituents is 8. The summed E-state index contributed by atoms with van der Waals surface area (Å²) in [5.74, 6) is 1.97. The van der Waals surface area contributed by atoms with Crippen molar-refractivity contribution in [2.75, 3.05) is 0 Å². The van der Waals surface area contributed by atoms with Crippen molar-refractivity contribution in [1.82, 2.24) is 18.3 Å². The number of hydrogen-bond donors (Lipinski definition) is 13. The highest BCUT2D eigenvalue weighted by molar-refractivity contribution is 6.59. The van der Waals surface area contributed by atoms with Gasteiger partial charge in [0, 0.05) is 55.4 Å². The summed E-state index contributed by atoms with van der Waals surface area (Å²) < 4.78 is 72.1. The zero-order valence-corrected chi connectivity index (χ0v) is 77.4. The molecular weight excluding hydrogens is 1860 g/mol. The highest BCUT2D eigenvalue weighted by atomic mass is 16.7. The first-order valence-corrected chi connectivity index (χ1v) is 46.3. The van der Waals surface area contributed by atoms with Gasteiger partial charge in [0.05, 0.1) is 98.8 Å². The Bertz CT molecular complexity index is 9190. The van der Waals surface area contributed by atoms with Gasteiger partial charge in [0.2, 0.25) is 68.4 Å². The molecule has 145 heavy (non-hydrogen) atoms. The topological polar surface area (TPSA) is 477 Å². The van der Waals surface area contributed by atoms with E-state index in [0.717, 1.165) is 71.6 Å². The van der Waals surface area contributed by atoms with Gasteiger partial charge >= 0.3 is 33.7 Å². The van der Waals surface area contributed by atoms with Gasteiger partial charge in [0.25, 0.3) is 46.7 Å². The van der Waals surface area contributed by atoms with Crippen LogP contribution in [0.25, 0.3) is 43.1 Å². The first kappa shape index (κ1) is 82.8. The van der Waals surface area contributed by atoms with E-state index in [1.54, 1.807) is 54.7 Å². The molecule has 16 aliphatic heterocycles. The molecule has 32 rings (SSSR count). The lowest BCUT2D eigenvalue weighted by atomic mass is 9.64. The normalized spacial score (nSPS) is 18.0. The van der Waals surface area contributed by atoms with Crippen LogP contribution < -0.4 is 75.4 Å². The van der Waals surface area contributed by atoms with Crippen LogP contribution >= 0.6 is 0 Å². The molecule has 705 valence electrons. The van der Waals surface area contributed by atoms with Crippen LogP contribution in [0.1, 0.15) is 128 Å². The van der Waals surface area contributed by atoms with E-state index in [0.29, 0.717) is 206 Å². The number of amidine groups is 8. The largest absolute Gasteiger partial charge is 0.569 e. The molecule has 0 amide bonds. The number of phenols is 8. The van der Waals surface area contributed by atoms with Crippen LogP contribution in [0.4, 0.5) is 23.3 Å². The van der Waals surface area contributed by atoms with Crippen molar-refractivity contribution < 1.29 is 127 Å². The van der Waals surface area contributed by atoms with Crippen LogP contribution in [-0.4, -0.2) is 194 Å². The Morgan fingerprint density at radius 3 is 0.828 bits per heavy atom. The molecule has 2 spiro atoms. The summed E-state index contributed by atoms with van der Waals surface area (Å²) in [6, 6.07) is 56.9. The lowest BCUT2D eigenvalue weighted by Gasteiger charge is -2.40. The highest BCUT2D eigenvalue weighted by Gasteiger charge is 2.73. The fourth-order valence-corrected chi connectivity index (χ4v) is 23.6. The molecule has 1 radical (unpaired) electrons. The molecule has 4 aromatic heterocycles. The van der Waals surface area contributed by atoms with Gasteiger partial charge in [0.1, 0.15) is 0 Å². The highest BCUT2D eigenvalue weighted by Crippen LogP contribution is 2.61. The van der Waals surface area contributed by atoms with Crippen molar-refractivity contribution in [3.8, 4) is 97.7 Å². The number of nitrogens with zero attached hydrogens (tertiary/aromatic N) is 16. The van der Waals surface area contributed by atoms with Crippen molar-refractivity contribution in [3.05, 3.63) is 288 Å². The molecule has 0 atom stereocenters. The minimum Gasteiger partial charge on any atom is -0.537 e. The van der Waals surface area contributed by atoms with E-state index in [1.807, 2.05) is 172 Å². The van der Waals surface area contributed by atoms with Gasteiger partial charge in [-0.05, 0) is 149 Å². The number of benzene rings is 12. The Kier molecular flexibility index (Phi) is 15.2. The minimum absolute atomic E-state index is 0.305. The zero-order chi connectivity index (χ0) is 99.0. The molecule has 13 N–H and O–H groups in total. The van der Waals surface area contributed by atoms with Gasteiger partial charge in [-0.1, -0.05) is 130 Å². The summed E-state index contributed by atoms with van der Waals surface area (Å²) in [5, 5.41) is 138. The SMILES string of the molecule is CC1(C)Oc2cc3c(cc2O1)C1=[N+]2C3=Nc3c4cc5c(cc4c4n3C23n2c(c6cc7c(cc6c2=NC2=[N+]3C(=N4)c3cc4c(cc32)OC(C)(C)O4)OC(C)(C)O7)=N1)OC(C)(C)O5.Cc1ccc(C(c2ccc(O[B]O)cc2)(c2ccc(B(O)O)cc2)c2ccc(B(O)O)cc2)cc1.Oc1cc2c(cc1O)C1=[N+]3C2=Nc2c4cc(O)c(O)cc4c4n2C32n3c(c5cc(O)c(O)cc5c3=NC3=[N+]2C(=N4)c2cc(O)c(O)cc23)=N1. The lowest BCUT2D eigenvalue weighted by molar-refractivity contribution is -0.791. The number of aliphatic imine (C=N–C) groups is 4. The Morgan fingerprint density at radius 2 is 0.524 bits per heavy atom. The standard InChI is InChI=1S/C45H32N8O8.C33H14N8O8.C26H24B3O6/c1-41(2)54-25-9-17-18(10-26(25)55-41)34-47-36-20-12-28-30(59-43(5,6)57-28)14-22(20)38-49-40-24-16-32-31(60-44(7,8)61-32)15-23(24)39-48-37-21-13-29-27(56-42(3,4)58-29)11-19(21)35-46-33(17)50(34)45(51(35)37,52(36)38)53(39)40;42-17-1-9-10(2-18(17)43)26-35-28-13-5-21(46)22(47)6-14(13)30-37-32-16-8-24(49)23(48)7-15(16)31-36-29-12-4-20(45)19(44)3-11(12)27-34-25(9)38(26)33(39(27)29,40(28)30)41(31)32;1-18-2-4-19(5-3-18)26(20-6-12-23(13-7-20)28(31)32,21-8-14-24(15-9-21)29(33)34)22-10-16-25(17-11-22)35-27-30/h9-16H,1-8H3;1-8H,(H6,34,35,36,37,42,43,44,45,46,47,48,49);2-17,30-34H,1H3/q+2;;/p+2. The Hall–Kier alpha value is -18.0. The van der Waals surface area contributed by atoms with E-state index >= 15 is 0 Å². The maximum atomic E-state index is 10.7. The van der Waals surface area contributed by atoms with Crippen LogP contribution in [0.2, 0.25) is 0 Å². The second-order valence-corrected chi connectivity index (χ2v) is 39.7. The van der Waals surface area contributed by atoms with Crippen LogP contribution in [0.3, 0.4) is 0 Å². The minimum atomic E-state index is -1.62. The van der Waals surface area contributed by atoms with E-state index in [4.69, 9.17) is 87.5 Å². The Morgan fingerprint density at radius 1 is 0.290 bits per heavy atom. The third-order valence-electron chi connectivity index (χ3n) is 29.2. The van der Waals surface area contributed by atoms with Gasteiger partial charge in [0.15, 0.2) is 92.0 Å². The monoisotopic (exact) mass is 1930 g/mol. The van der Waals surface area contributed by atoms with Gasteiger partial charge in [-0.2, -0.15) is 18.3 Å². The van der Waals surface area contributed by atoms with Gasteiger partial charge in [-0.25, -0.2) is 0 Å². The smallest absolute Gasteiger partial charge is 0.537 e. The predicted octanol–water partition coefficient (Wildman–Crippen LogP) is 7.73. The zero-order valence-electron chi connectivity index (χ0n) is 77.4. The van der Waals surface area contributed by atoms with E-state index in [-0.39, 0.29) is 0 Å². The van der Waals surface area contributed by atoms with Crippen LogP contribution in [0.5, 0.6) is 97.7 Å². The van der Waals surface area contributed by atoms with Crippen molar-refractivity contribution >= 4 is 146 Å².